The van der Waals surface area contributed by atoms with Crippen LogP contribution in [0.4, 0.5) is 5.69 Å². The second-order valence-electron chi connectivity index (χ2n) is 4.55. The summed E-state index contributed by atoms with van der Waals surface area (Å²) in [6.07, 6.45) is 3.24. The van der Waals surface area contributed by atoms with Crippen molar-refractivity contribution in [3.05, 3.63) is 51.4 Å². The Labute approximate surface area is 161 Å². The van der Waals surface area contributed by atoms with Crippen LogP contribution in [0, 0.1) is 0 Å². The molecule has 2 rings (SSSR count). The van der Waals surface area contributed by atoms with Crippen molar-refractivity contribution in [1.29, 1.82) is 0 Å². The fourth-order valence-electron chi connectivity index (χ4n) is 1.96. The van der Waals surface area contributed by atoms with Gasteiger partial charge in [0.15, 0.2) is 8.65 Å². The van der Waals surface area contributed by atoms with Crippen LogP contribution >= 0.6 is 63.7 Å². The fraction of sp³-hybridized carbons (Fsp3) is 0.143. The molecule has 0 bridgehead atoms. The molecule has 2 atom stereocenters. The molecule has 1 aromatic rings. The van der Waals surface area contributed by atoms with Gasteiger partial charge >= 0.3 is 0 Å². The zero-order valence-corrected chi connectivity index (χ0v) is 17.3. The van der Waals surface area contributed by atoms with Crippen LogP contribution in [0.5, 0.6) is 0 Å². The molecule has 2 amide bonds. The van der Waals surface area contributed by atoms with E-state index < -0.39 is 20.5 Å². The van der Waals surface area contributed by atoms with E-state index in [1.807, 2.05) is 6.07 Å². The number of anilines is 1. The second-order valence-corrected chi connectivity index (χ2v) is 8.64. The maximum atomic E-state index is 12.8. The molecule has 0 fully saturated rings. The molecule has 1 aliphatic carbocycles. The average Bonchev–Trinajstić information content (AvgIpc) is 2.50. The normalized spacial score (nSPS) is 27.6. The minimum atomic E-state index is -1.47. The van der Waals surface area contributed by atoms with Gasteiger partial charge in [-0.15, -0.1) is 0 Å². The number of rotatable bonds is 3. The molecule has 8 heteroatoms. The zero-order chi connectivity index (χ0) is 16.5. The lowest BCUT2D eigenvalue weighted by molar-refractivity contribution is -0.124. The number of benzene rings is 1. The van der Waals surface area contributed by atoms with Gasteiger partial charge in [-0.3, -0.25) is 9.59 Å². The van der Waals surface area contributed by atoms with E-state index in [0.717, 1.165) is 0 Å². The van der Waals surface area contributed by atoms with Crippen LogP contribution in [0.25, 0.3) is 0 Å². The summed E-state index contributed by atoms with van der Waals surface area (Å²) < 4.78 is -1.81. The van der Waals surface area contributed by atoms with Gasteiger partial charge in [0, 0.05) is 14.7 Å². The summed E-state index contributed by atoms with van der Waals surface area (Å²) in [4.78, 5) is 24.8. The molecular formula is C14H10Br4N2O2. The zero-order valence-electron chi connectivity index (χ0n) is 10.9. The third-order valence-electron chi connectivity index (χ3n) is 3.17. The molecule has 1 aromatic carbocycles. The number of carbonyl (C=O) groups excluding carboxylic acids is 2. The van der Waals surface area contributed by atoms with Gasteiger partial charge in [0.2, 0.25) is 11.8 Å². The van der Waals surface area contributed by atoms with Gasteiger partial charge in [-0.2, -0.15) is 0 Å². The van der Waals surface area contributed by atoms with Crippen molar-refractivity contribution in [3.63, 3.8) is 0 Å². The summed E-state index contributed by atoms with van der Waals surface area (Å²) in [6.45, 7) is 0. The molecule has 0 spiro atoms. The van der Waals surface area contributed by atoms with E-state index in [9.17, 15) is 9.59 Å². The fourth-order valence-corrected chi connectivity index (χ4v) is 4.72. The third-order valence-corrected chi connectivity index (χ3v) is 9.09. The van der Waals surface area contributed by atoms with Crippen LogP contribution in [-0.4, -0.2) is 20.5 Å². The minimum absolute atomic E-state index is 0.426. The van der Waals surface area contributed by atoms with Crippen molar-refractivity contribution in [2.45, 2.75) is 8.65 Å². The van der Waals surface area contributed by atoms with Gasteiger partial charge in [-0.1, -0.05) is 72.1 Å². The van der Waals surface area contributed by atoms with Gasteiger partial charge in [0.05, 0.1) is 0 Å². The predicted octanol–water partition coefficient (Wildman–Crippen LogP) is 3.95. The number of alkyl halides is 2. The SMILES string of the molecule is NC(=O)C1(Br)C(Br)=C(Br)C=CC1(Br)C(=O)Nc1ccccc1. The lowest BCUT2D eigenvalue weighted by Gasteiger charge is -2.40. The number of nitrogens with two attached hydrogens (primary N) is 1. The first kappa shape index (κ1) is 17.9. The van der Waals surface area contributed by atoms with Crippen LogP contribution in [0.2, 0.25) is 0 Å². The Kier molecular flexibility index (Phi) is 5.36. The third kappa shape index (κ3) is 2.86. The second kappa shape index (κ2) is 6.59. The van der Waals surface area contributed by atoms with Gasteiger partial charge < -0.3 is 11.1 Å². The number of carbonyl (C=O) groups is 2. The summed E-state index contributed by atoms with van der Waals surface area (Å²) in [5.74, 6) is -1.14. The Morgan fingerprint density at radius 2 is 1.68 bits per heavy atom. The van der Waals surface area contributed by atoms with Crippen molar-refractivity contribution < 1.29 is 9.59 Å². The summed E-state index contributed by atoms with van der Waals surface area (Å²) in [7, 11) is 0. The van der Waals surface area contributed by atoms with Crippen LogP contribution < -0.4 is 11.1 Å². The minimum Gasteiger partial charge on any atom is -0.368 e. The summed E-state index contributed by atoms with van der Waals surface area (Å²) in [5.41, 5.74) is 6.16. The van der Waals surface area contributed by atoms with Crippen molar-refractivity contribution in [3.8, 4) is 0 Å². The largest absolute Gasteiger partial charge is 0.368 e. The molecule has 3 N–H and O–H groups in total. The van der Waals surface area contributed by atoms with E-state index >= 15 is 0 Å². The number of nitrogens with one attached hydrogen (secondary N) is 1. The van der Waals surface area contributed by atoms with E-state index in [-0.39, 0.29) is 0 Å². The molecule has 0 saturated carbocycles. The Morgan fingerprint density at radius 3 is 2.23 bits per heavy atom. The highest BCUT2D eigenvalue weighted by Crippen LogP contribution is 2.52. The first-order chi connectivity index (χ1) is 10.2. The van der Waals surface area contributed by atoms with Gasteiger partial charge in [0.25, 0.3) is 0 Å². The molecular weight excluding hydrogens is 548 g/mol. The van der Waals surface area contributed by atoms with E-state index in [4.69, 9.17) is 5.73 Å². The van der Waals surface area contributed by atoms with Crippen LogP contribution in [0.3, 0.4) is 0 Å². The van der Waals surface area contributed by atoms with Gasteiger partial charge in [0.1, 0.15) is 0 Å². The number of allylic oxidation sites excluding steroid dienone is 2. The number of primary amides is 1. The molecule has 22 heavy (non-hydrogen) atoms. The summed E-state index contributed by atoms with van der Waals surface area (Å²) >= 11 is 13.4. The molecule has 1 aliphatic rings. The Hall–Kier alpha value is -0.440. The van der Waals surface area contributed by atoms with Gasteiger partial charge in [-0.25, -0.2) is 0 Å². The number of hydrogen-bond acceptors (Lipinski definition) is 2. The first-order valence-corrected chi connectivity index (χ1v) is 9.20. The number of amides is 2. The molecule has 116 valence electrons. The molecule has 0 saturated heterocycles. The number of para-hydroxylation sites is 1. The smallest absolute Gasteiger partial charge is 0.247 e. The Morgan fingerprint density at radius 1 is 1.09 bits per heavy atom. The highest BCUT2D eigenvalue weighted by molar-refractivity contribution is 9.16. The van der Waals surface area contributed by atoms with Crippen LogP contribution in [0.15, 0.2) is 51.4 Å². The standard InChI is InChI=1S/C14H10Br4N2O2/c15-9-6-7-13(17,14(18,10(9)16)11(19)21)12(22)20-8-4-2-1-3-5-8/h1-7H,(H2,19,21)(H,20,22). The maximum absolute atomic E-state index is 12.8. The molecule has 0 aromatic heterocycles. The van der Waals surface area contributed by atoms with Crippen LogP contribution in [0.1, 0.15) is 0 Å². The van der Waals surface area contributed by atoms with Crippen molar-refractivity contribution in [2.75, 3.05) is 5.32 Å². The van der Waals surface area contributed by atoms with E-state index in [1.54, 1.807) is 36.4 Å². The highest BCUT2D eigenvalue weighted by Gasteiger charge is 2.60. The molecule has 0 radical (unpaired) electrons. The topological polar surface area (TPSA) is 72.2 Å². The maximum Gasteiger partial charge on any atom is 0.247 e. The lowest BCUT2D eigenvalue weighted by Crippen LogP contribution is -2.60. The number of hydrogen-bond donors (Lipinski definition) is 2. The molecule has 4 nitrogen and oxygen atoms in total. The van der Waals surface area contributed by atoms with E-state index in [1.165, 1.54) is 0 Å². The van der Waals surface area contributed by atoms with Crippen LogP contribution in [-0.2, 0) is 9.59 Å². The van der Waals surface area contributed by atoms with E-state index in [2.05, 4.69) is 69.0 Å². The van der Waals surface area contributed by atoms with Crippen molar-refractivity contribution in [1.82, 2.24) is 0 Å². The Bertz CT molecular complexity index is 689. The highest BCUT2D eigenvalue weighted by atomic mass is 79.9. The first-order valence-electron chi connectivity index (χ1n) is 6.02. The van der Waals surface area contributed by atoms with Crippen molar-refractivity contribution >= 4 is 81.2 Å². The van der Waals surface area contributed by atoms with E-state index in [0.29, 0.717) is 14.7 Å². The summed E-state index contributed by atoms with van der Waals surface area (Å²) in [6, 6.07) is 8.95. The monoisotopic (exact) mass is 554 g/mol. The molecule has 2 unspecified atom stereocenters. The average molecular weight is 558 g/mol. The lowest BCUT2D eigenvalue weighted by atomic mass is 9.86. The quantitative estimate of drug-likeness (QED) is 0.553. The number of halogens is 4. The molecule has 0 heterocycles. The van der Waals surface area contributed by atoms with Gasteiger partial charge in [-0.05, 0) is 34.1 Å². The van der Waals surface area contributed by atoms with Crippen molar-refractivity contribution in [2.24, 2.45) is 5.73 Å². The molecule has 0 aliphatic heterocycles. The summed E-state index contributed by atoms with van der Waals surface area (Å²) in [5, 5.41) is 2.76. The Balaban J connectivity index is 2.45. The predicted molar refractivity (Wildman–Crippen MR) is 102 cm³/mol.